The summed E-state index contributed by atoms with van der Waals surface area (Å²) in [4.78, 5) is 29.0. The van der Waals surface area contributed by atoms with Crippen molar-refractivity contribution in [2.45, 2.75) is 6.54 Å². The van der Waals surface area contributed by atoms with E-state index in [1.54, 1.807) is 28.9 Å². The van der Waals surface area contributed by atoms with Crippen molar-refractivity contribution in [1.82, 2.24) is 24.3 Å². The normalized spacial score (nSPS) is 10.8. The number of carbonyl (C=O) groups is 1. The lowest BCUT2D eigenvalue weighted by Gasteiger charge is -2.08. The minimum atomic E-state index is -0.532. The van der Waals surface area contributed by atoms with Crippen molar-refractivity contribution in [3.63, 3.8) is 0 Å². The highest BCUT2D eigenvalue weighted by molar-refractivity contribution is 5.99. The zero-order valence-electron chi connectivity index (χ0n) is 15.0. The highest BCUT2D eigenvalue weighted by Crippen LogP contribution is 2.21. The SMILES string of the molecule is COc1nc(NCc2ccccc2)nc(-c2ncc3c(C(N)=O)cccn23)n1. The van der Waals surface area contributed by atoms with Crippen LogP contribution in [-0.2, 0) is 6.54 Å². The van der Waals surface area contributed by atoms with Crippen molar-refractivity contribution in [3.05, 3.63) is 66.0 Å². The zero-order chi connectivity index (χ0) is 19.5. The van der Waals surface area contributed by atoms with Gasteiger partial charge in [-0.2, -0.15) is 15.0 Å². The molecule has 4 aromatic rings. The lowest BCUT2D eigenvalue weighted by atomic mass is 10.2. The minimum Gasteiger partial charge on any atom is -0.467 e. The Bertz CT molecular complexity index is 1140. The lowest BCUT2D eigenvalue weighted by Crippen LogP contribution is -2.12. The van der Waals surface area contributed by atoms with Gasteiger partial charge in [0.2, 0.25) is 11.8 Å². The molecule has 0 aliphatic rings. The summed E-state index contributed by atoms with van der Waals surface area (Å²) in [6, 6.07) is 13.4. The number of nitrogens with zero attached hydrogens (tertiary/aromatic N) is 5. The maximum Gasteiger partial charge on any atom is 0.321 e. The van der Waals surface area contributed by atoms with Crippen LogP contribution in [-0.4, -0.2) is 37.4 Å². The number of hydrogen-bond donors (Lipinski definition) is 2. The molecule has 1 amide bonds. The van der Waals surface area contributed by atoms with Gasteiger partial charge in [-0.05, 0) is 17.7 Å². The van der Waals surface area contributed by atoms with E-state index in [2.05, 4.69) is 25.3 Å². The standard InChI is InChI=1S/C19H17N7O2/c1-28-19-24-16(23-18(25-19)22-10-12-6-3-2-4-7-12)17-21-11-14-13(15(20)27)8-5-9-26(14)17/h2-9,11H,10H2,1H3,(H2,20,27)(H,22,23,24,25). The topological polar surface area (TPSA) is 120 Å². The monoisotopic (exact) mass is 375 g/mol. The molecule has 0 unspecified atom stereocenters. The third-order valence-corrected chi connectivity index (χ3v) is 4.13. The molecule has 0 bridgehead atoms. The number of methoxy groups -OCH3 is 1. The molecule has 0 atom stereocenters. The van der Waals surface area contributed by atoms with E-state index in [1.807, 2.05) is 30.3 Å². The van der Waals surface area contributed by atoms with E-state index in [-0.39, 0.29) is 6.01 Å². The smallest absolute Gasteiger partial charge is 0.321 e. The summed E-state index contributed by atoms with van der Waals surface area (Å²) >= 11 is 0. The summed E-state index contributed by atoms with van der Waals surface area (Å²) in [6.45, 7) is 0.543. The Morgan fingerprint density at radius 3 is 2.71 bits per heavy atom. The first-order chi connectivity index (χ1) is 13.7. The van der Waals surface area contributed by atoms with E-state index in [9.17, 15) is 4.79 Å². The van der Waals surface area contributed by atoms with E-state index in [4.69, 9.17) is 10.5 Å². The average molecular weight is 375 g/mol. The quantitative estimate of drug-likeness (QED) is 0.528. The fourth-order valence-electron chi connectivity index (χ4n) is 2.80. The van der Waals surface area contributed by atoms with E-state index in [1.165, 1.54) is 7.11 Å². The Labute approximate surface area is 160 Å². The van der Waals surface area contributed by atoms with Gasteiger partial charge in [0.05, 0.1) is 24.4 Å². The van der Waals surface area contributed by atoms with Gasteiger partial charge >= 0.3 is 6.01 Å². The first kappa shape index (κ1) is 17.4. The number of imidazole rings is 1. The molecule has 3 N–H and O–H groups in total. The molecule has 140 valence electrons. The average Bonchev–Trinajstić information content (AvgIpc) is 3.17. The third-order valence-electron chi connectivity index (χ3n) is 4.13. The molecule has 1 aromatic carbocycles. The maximum atomic E-state index is 11.6. The number of primary amides is 1. The van der Waals surface area contributed by atoms with Crippen molar-refractivity contribution >= 4 is 17.4 Å². The molecule has 28 heavy (non-hydrogen) atoms. The molecule has 0 aliphatic carbocycles. The molecular formula is C19H17N7O2. The Kier molecular flexibility index (Phi) is 4.55. The number of nitrogens with one attached hydrogen (secondary N) is 1. The first-order valence-electron chi connectivity index (χ1n) is 8.50. The maximum absolute atomic E-state index is 11.6. The van der Waals surface area contributed by atoms with Crippen LogP contribution in [0.5, 0.6) is 6.01 Å². The zero-order valence-corrected chi connectivity index (χ0v) is 15.0. The molecule has 0 fully saturated rings. The number of aromatic nitrogens is 5. The number of anilines is 1. The largest absolute Gasteiger partial charge is 0.467 e. The van der Waals surface area contributed by atoms with Gasteiger partial charge in [-0.3, -0.25) is 9.20 Å². The van der Waals surface area contributed by atoms with Gasteiger partial charge in [-0.15, -0.1) is 0 Å². The summed E-state index contributed by atoms with van der Waals surface area (Å²) in [5.41, 5.74) is 7.46. The van der Waals surface area contributed by atoms with Crippen molar-refractivity contribution in [2.24, 2.45) is 5.73 Å². The van der Waals surface area contributed by atoms with Gasteiger partial charge in [0.1, 0.15) is 0 Å². The van der Waals surface area contributed by atoms with Crippen LogP contribution in [0.2, 0.25) is 0 Å². The van der Waals surface area contributed by atoms with E-state index in [0.29, 0.717) is 35.2 Å². The molecular weight excluding hydrogens is 358 g/mol. The summed E-state index contributed by atoms with van der Waals surface area (Å²) in [5.74, 6) is 0.578. The summed E-state index contributed by atoms with van der Waals surface area (Å²) in [7, 11) is 1.48. The van der Waals surface area contributed by atoms with Crippen LogP contribution in [0.15, 0.2) is 54.9 Å². The molecule has 0 saturated carbocycles. The number of ether oxygens (including phenoxy) is 1. The second-order valence-corrected chi connectivity index (χ2v) is 5.93. The number of rotatable bonds is 6. The van der Waals surface area contributed by atoms with E-state index in [0.717, 1.165) is 5.56 Å². The predicted molar refractivity (Wildman–Crippen MR) is 103 cm³/mol. The van der Waals surface area contributed by atoms with Crippen molar-refractivity contribution in [1.29, 1.82) is 0 Å². The summed E-state index contributed by atoms with van der Waals surface area (Å²) in [6.07, 6.45) is 3.32. The van der Waals surface area contributed by atoms with Crippen molar-refractivity contribution in [2.75, 3.05) is 12.4 Å². The van der Waals surface area contributed by atoms with Crippen LogP contribution in [0.3, 0.4) is 0 Å². The molecule has 9 nitrogen and oxygen atoms in total. The second kappa shape index (κ2) is 7.31. The van der Waals surface area contributed by atoms with Gasteiger partial charge in [0.15, 0.2) is 5.82 Å². The molecule has 4 rings (SSSR count). The number of amides is 1. The molecule has 9 heteroatoms. The van der Waals surface area contributed by atoms with E-state index < -0.39 is 5.91 Å². The molecule has 0 saturated heterocycles. The Hall–Kier alpha value is -4.01. The fourth-order valence-corrected chi connectivity index (χ4v) is 2.80. The molecule has 0 aliphatic heterocycles. The molecule has 3 aromatic heterocycles. The van der Waals surface area contributed by atoms with Crippen LogP contribution < -0.4 is 15.8 Å². The van der Waals surface area contributed by atoms with Crippen LogP contribution in [0.4, 0.5) is 5.95 Å². The Morgan fingerprint density at radius 1 is 1.14 bits per heavy atom. The fraction of sp³-hybridized carbons (Fsp3) is 0.105. The summed E-state index contributed by atoms with van der Waals surface area (Å²) < 4.78 is 6.91. The van der Waals surface area contributed by atoms with Crippen LogP contribution >= 0.6 is 0 Å². The number of pyridine rings is 1. The van der Waals surface area contributed by atoms with Gasteiger partial charge in [-0.1, -0.05) is 30.3 Å². The minimum absolute atomic E-state index is 0.156. The van der Waals surface area contributed by atoms with Gasteiger partial charge < -0.3 is 15.8 Å². The van der Waals surface area contributed by atoms with Crippen LogP contribution in [0.25, 0.3) is 17.2 Å². The Morgan fingerprint density at radius 2 is 1.96 bits per heavy atom. The van der Waals surface area contributed by atoms with Crippen LogP contribution in [0.1, 0.15) is 15.9 Å². The molecule has 0 spiro atoms. The number of carbonyl (C=O) groups excluding carboxylic acids is 1. The van der Waals surface area contributed by atoms with Gasteiger partial charge in [-0.25, -0.2) is 4.98 Å². The molecule has 0 radical (unpaired) electrons. The third kappa shape index (κ3) is 3.32. The molecule has 3 heterocycles. The number of hydrogen-bond acceptors (Lipinski definition) is 7. The van der Waals surface area contributed by atoms with E-state index >= 15 is 0 Å². The summed E-state index contributed by atoms with van der Waals surface area (Å²) in [5, 5.41) is 3.16. The second-order valence-electron chi connectivity index (χ2n) is 5.93. The predicted octanol–water partition coefficient (Wildman–Crippen LogP) is 1.91. The van der Waals surface area contributed by atoms with Crippen molar-refractivity contribution in [3.8, 4) is 17.7 Å². The number of benzene rings is 1. The van der Waals surface area contributed by atoms with Gasteiger partial charge in [0.25, 0.3) is 5.91 Å². The van der Waals surface area contributed by atoms with Gasteiger partial charge in [0, 0.05) is 12.7 Å². The van der Waals surface area contributed by atoms with Crippen LogP contribution in [0, 0.1) is 0 Å². The lowest BCUT2D eigenvalue weighted by molar-refractivity contribution is 0.100. The Balaban J connectivity index is 1.73. The first-order valence-corrected chi connectivity index (χ1v) is 8.50. The number of fused-ring (bicyclic) bond motifs is 1. The number of nitrogens with two attached hydrogens (primary N) is 1. The van der Waals surface area contributed by atoms with Crippen molar-refractivity contribution < 1.29 is 9.53 Å². The highest BCUT2D eigenvalue weighted by atomic mass is 16.5. The highest BCUT2D eigenvalue weighted by Gasteiger charge is 2.16.